The molecular formula is C61H90N10O12S3. The van der Waals surface area contributed by atoms with E-state index in [-0.39, 0.29) is 32.7 Å². The molecule has 86 heavy (non-hydrogen) atoms. The lowest BCUT2D eigenvalue weighted by Gasteiger charge is -2.33. The van der Waals surface area contributed by atoms with Crippen molar-refractivity contribution in [3.8, 4) is 11.5 Å². The summed E-state index contributed by atoms with van der Waals surface area (Å²) in [6.45, 7) is 18.6. The van der Waals surface area contributed by atoms with Gasteiger partial charge in [0.25, 0.3) is 10.2 Å². The summed E-state index contributed by atoms with van der Waals surface area (Å²) in [4.78, 5) is 0.0747. The molecule has 2 unspecified atom stereocenters. The second-order valence-electron chi connectivity index (χ2n) is 22.0. The van der Waals surface area contributed by atoms with Crippen molar-refractivity contribution in [2.75, 3.05) is 132 Å². The lowest BCUT2D eigenvalue weighted by Crippen LogP contribution is -2.43. The Labute approximate surface area is 510 Å². The maximum absolute atomic E-state index is 15.4. The van der Waals surface area contributed by atoms with Crippen molar-refractivity contribution in [2.45, 2.75) is 81.4 Å². The quantitative estimate of drug-likeness (QED) is 0.0318. The number of hydrazine groups is 4. The third-order valence-corrected chi connectivity index (χ3v) is 20.9. The average molecular weight is 1250 g/mol. The summed E-state index contributed by atoms with van der Waals surface area (Å²) in [5.74, 6) is 1.56. The first kappa shape index (κ1) is 66.6. The van der Waals surface area contributed by atoms with Gasteiger partial charge < -0.3 is 48.2 Å². The normalized spacial score (nSPS) is 18.0. The Bertz CT molecular complexity index is 3160. The average Bonchev–Trinajstić information content (AvgIpc) is 3.61. The second kappa shape index (κ2) is 32.7. The largest absolute Gasteiger partial charge is 0.497 e. The lowest BCUT2D eigenvalue weighted by molar-refractivity contribution is 0.0108. The van der Waals surface area contributed by atoms with Crippen LogP contribution in [0, 0.1) is 11.8 Å². The molecule has 0 aromatic heterocycles. The Balaban J connectivity index is 0.876. The summed E-state index contributed by atoms with van der Waals surface area (Å²) in [6, 6.07) is 27.7. The molecule has 4 aromatic carbocycles. The Morgan fingerprint density at radius 3 is 1.30 bits per heavy atom. The SMILES string of the molecule is CCCOCCOCCOCCN1C=C(C2CCN(S(C)(=O)=Nc3ccc(S(=O)(=O)c4ccc(N=S(=O)(Oc5ccc(C(C)(C)c6ccc(OC)cc6)cc5)N5CCC(C6=CN(CCOCCOCCOCCC)NN6)CC5)cc4)cc3)CC2)NN1. The first-order valence-electron chi connectivity index (χ1n) is 30.0. The minimum Gasteiger partial charge on any atom is -0.497 e. The minimum absolute atomic E-state index is 0.0274. The molecule has 8 rings (SSSR count). The fourth-order valence-electron chi connectivity index (χ4n) is 10.2. The predicted molar refractivity (Wildman–Crippen MR) is 333 cm³/mol. The van der Waals surface area contributed by atoms with Crippen LogP contribution in [-0.2, 0) is 63.8 Å². The van der Waals surface area contributed by atoms with E-state index in [0.29, 0.717) is 130 Å². The third kappa shape index (κ3) is 19.1. The molecule has 4 aliphatic rings. The van der Waals surface area contributed by atoms with Crippen LogP contribution in [0.2, 0.25) is 0 Å². The number of hydrogen-bond acceptors (Lipinski definition) is 20. The van der Waals surface area contributed by atoms with Gasteiger partial charge in [0, 0.05) is 86.7 Å². The van der Waals surface area contributed by atoms with E-state index < -0.39 is 29.9 Å². The molecule has 4 aliphatic heterocycles. The molecule has 0 spiro atoms. The highest BCUT2D eigenvalue weighted by molar-refractivity contribution is 7.91. The van der Waals surface area contributed by atoms with Crippen molar-refractivity contribution in [1.82, 2.24) is 40.5 Å². The van der Waals surface area contributed by atoms with Gasteiger partial charge >= 0.3 is 0 Å². The Morgan fingerprint density at radius 1 is 0.500 bits per heavy atom. The monoisotopic (exact) mass is 1250 g/mol. The predicted octanol–water partition coefficient (Wildman–Crippen LogP) is 8.18. The summed E-state index contributed by atoms with van der Waals surface area (Å²) in [6.07, 6.45) is 10.6. The van der Waals surface area contributed by atoms with E-state index >= 15 is 4.21 Å². The second-order valence-corrected chi connectivity index (χ2v) is 27.9. The minimum atomic E-state index is -4.01. The highest BCUT2D eigenvalue weighted by Gasteiger charge is 2.33. The standard InChI is InChI=1S/C61H90N10O12S3/c1-7-35-77-39-43-81-45-41-79-37-33-68-47-59(62-66-68)49-25-29-70(30-26-49)84(6,72)64-53-13-21-57(22-14-53)85(73,74)58-23-15-54(16-24-58)65-86(75,83-56-19-11-52(12-20-56)61(3,4)51-9-17-55(76-5)18-10-51)71-31-27-50(28-32-71)60-48-69(67-63-60)34-38-80-42-46-82-44-40-78-36-8-2/h9-24,47-50,62-63,66-67H,7-8,25-46H2,1-6H3. The Morgan fingerprint density at radius 2 is 0.884 bits per heavy atom. The first-order chi connectivity index (χ1) is 41.6. The first-order valence-corrected chi connectivity index (χ1v) is 34.7. The van der Waals surface area contributed by atoms with Crippen LogP contribution in [-0.4, -0.2) is 167 Å². The fourth-order valence-corrected chi connectivity index (χ4v) is 14.7. The van der Waals surface area contributed by atoms with Gasteiger partial charge in [-0.3, -0.25) is 10.0 Å². The van der Waals surface area contributed by atoms with Crippen molar-refractivity contribution in [2.24, 2.45) is 20.6 Å². The number of nitrogens with zero attached hydrogens (tertiary/aromatic N) is 6. The van der Waals surface area contributed by atoms with Gasteiger partial charge in [0.15, 0.2) is 0 Å². The summed E-state index contributed by atoms with van der Waals surface area (Å²) in [5, 5.41) is 3.92. The van der Waals surface area contributed by atoms with Crippen LogP contribution in [0.5, 0.6) is 11.5 Å². The number of ether oxygens (including phenoxy) is 7. The zero-order valence-corrected chi connectivity index (χ0v) is 53.3. The van der Waals surface area contributed by atoms with Crippen LogP contribution in [0.4, 0.5) is 11.4 Å². The van der Waals surface area contributed by atoms with E-state index in [9.17, 15) is 12.6 Å². The molecule has 2 saturated heterocycles. The highest BCUT2D eigenvalue weighted by atomic mass is 32.2. The van der Waals surface area contributed by atoms with Gasteiger partial charge in [0.05, 0.1) is 107 Å². The molecule has 4 aromatic rings. The molecule has 2 atom stereocenters. The molecular weight excluding hydrogens is 1160 g/mol. The number of methoxy groups -OCH3 is 1. The van der Waals surface area contributed by atoms with Crippen molar-refractivity contribution < 1.29 is 54.2 Å². The van der Waals surface area contributed by atoms with Gasteiger partial charge in [-0.15, -0.1) is 11.1 Å². The van der Waals surface area contributed by atoms with E-state index in [2.05, 4.69) is 66.4 Å². The molecule has 0 amide bonds. The summed E-state index contributed by atoms with van der Waals surface area (Å²) in [7, 11) is -8.78. The van der Waals surface area contributed by atoms with Crippen LogP contribution in [0.25, 0.3) is 0 Å². The summed E-state index contributed by atoms with van der Waals surface area (Å²) < 4.78 is 116. The van der Waals surface area contributed by atoms with Crippen molar-refractivity contribution in [1.29, 1.82) is 0 Å². The number of hydrogen-bond donors (Lipinski definition) is 4. The van der Waals surface area contributed by atoms with Gasteiger partial charge in [0.1, 0.15) is 21.4 Å². The van der Waals surface area contributed by atoms with E-state index in [4.69, 9.17) is 41.7 Å². The van der Waals surface area contributed by atoms with E-state index in [1.165, 1.54) is 24.3 Å². The van der Waals surface area contributed by atoms with Crippen LogP contribution in [0.1, 0.15) is 77.3 Å². The van der Waals surface area contributed by atoms with Crippen LogP contribution in [0.15, 0.2) is 139 Å². The zero-order chi connectivity index (χ0) is 60.8. The molecule has 0 bridgehead atoms. The van der Waals surface area contributed by atoms with Gasteiger partial charge in [-0.25, -0.2) is 16.9 Å². The van der Waals surface area contributed by atoms with Crippen LogP contribution in [0.3, 0.4) is 0 Å². The molecule has 25 heteroatoms. The van der Waals surface area contributed by atoms with Crippen LogP contribution < -0.4 is 30.8 Å². The number of allylic oxidation sites excluding steroid dienone is 2. The maximum Gasteiger partial charge on any atom is 0.283 e. The highest BCUT2D eigenvalue weighted by Crippen LogP contribution is 2.36. The molecule has 4 N–H and O–H groups in total. The number of rotatable bonds is 35. The Kier molecular flexibility index (Phi) is 25.3. The van der Waals surface area contributed by atoms with Gasteiger partial charge in [-0.1, -0.05) is 52.0 Å². The summed E-state index contributed by atoms with van der Waals surface area (Å²) in [5.41, 5.74) is 17.6. The van der Waals surface area contributed by atoms with E-state index in [0.717, 1.165) is 67.2 Å². The van der Waals surface area contributed by atoms with Crippen molar-refractivity contribution in [3.05, 3.63) is 132 Å². The molecule has 2 fully saturated rings. The summed E-state index contributed by atoms with van der Waals surface area (Å²) >= 11 is 0. The molecule has 4 heterocycles. The number of piperidine rings is 2. The topological polar surface area (TPSA) is 228 Å². The number of nitrogens with one attached hydrogen (secondary N) is 4. The lowest BCUT2D eigenvalue weighted by atomic mass is 9.78. The van der Waals surface area contributed by atoms with E-state index in [1.807, 2.05) is 62.9 Å². The zero-order valence-electron chi connectivity index (χ0n) is 50.8. The number of sulfone groups is 1. The molecule has 0 aliphatic carbocycles. The van der Waals surface area contributed by atoms with Crippen molar-refractivity contribution in [3.63, 3.8) is 0 Å². The van der Waals surface area contributed by atoms with E-state index in [1.54, 1.807) is 41.9 Å². The van der Waals surface area contributed by atoms with Gasteiger partial charge in [0.2, 0.25) is 9.84 Å². The van der Waals surface area contributed by atoms with Crippen LogP contribution >= 0.6 is 0 Å². The van der Waals surface area contributed by atoms with Gasteiger partial charge in [-0.2, -0.15) is 17.2 Å². The third-order valence-electron chi connectivity index (χ3n) is 15.4. The van der Waals surface area contributed by atoms with Crippen molar-refractivity contribution >= 4 is 41.3 Å². The molecule has 0 saturated carbocycles. The smallest absolute Gasteiger partial charge is 0.283 e. The molecule has 0 radical (unpaired) electrons. The number of benzene rings is 4. The fraction of sp³-hybridized carbons (Fsp3) is 0.541. The molecule has 474 valence electrons. The molecule has 22 nitrogen and oxygen atoms in total. The van der Waals surface area contributed by atoms with Gasteiger partial charge in [-0.05, 0) is 122 Å². The maximum atomic E-state index is 15.4. The Hall–Kier alpha value is -5.39.